The van der Waals surface area contributed by atoms with Gasteiger partial charge in [-0.05, 0) is 32.9 Å². The van der Waals surface area contributed by atoms with Crippen molar-refractivity contribution >= 4 is 17.5 Å². The van der Waals surface area contributed by atoms with Gasteiger partial charge < -0.3 is 14.5 Å². The summed E-state index contributed by atoms with van der Waals surface area (Å²) < 4.78 is 45.7. The van der Waals surface area contributed by atoms with Crippen LogP contribution in [-0.4, -0.2) is 53.4 Å². The fourth-order valence-corrected chi connectivity index (χ4v) is 2.63. The van der Waals surface area contributed by atoms with Crippen LogP contribution in [0.15, 0.2) is 24.3 Å². The zero-order valence-corrected chi connectivity index (χ0v) is 14.6. The number of benzene rings is 1. The number of halogens is 3. The zero-order chi connectivity index (χ0) is 19.7. The Morgan fingerprint density at radius 2 is 1.77 bits per heavy atom. The number of ether oxygens (including phenoxy) is 1. The van der Waals surface area contributed by atoms with Crippen molar-refractivity contribution in [2.45, 2.75) is 38.6 Å². The molecule has 0 aromatic heterocycles. The maximum absolute atomic E-state index is 13.5. The minimum atomic E-state index is -4.58. The predicted molar refractivity (Wildman–Crippen MR) is 88.1 cm³/mol. The van der Waals surface area contributed by atoms with E-state index in [0.717, 1.165) is 21.9 Å². The lowest BCUT2D eigenvalue weighted by Gasteiger charge is -2.43. The highest BCUT2D eigenvalue weighted by Crippen LogP contribution is 2.32. The van der Waals surface area contributed by atoms with Gasteiger partial charge >= 0.3 is 12.3 Å². The lowest BCUT2D eigenvalue weighted by molar-refractivity contribution is -0.384. The number of hydrogen-bond acceptors (Lipinski definition) is 5. The molecule has 1 aromatic rings. The number of hydrogen-bond donors (Lipinski definition) is 0. The lowest BCUT2D eigenvalue weighted by Crippen LogP contribution is -2.60. The molecule has 0 saturated carbocycles. The third-order valence-corrected chi connectivity index (χ3v) is 3.80. The number of nitro groups is 1. The fourth-order valence-electron chi connectivity index (χ4n) is 2.63. The number of anilines is 1. The first kappa shape index (κ1) is 19.8. The van der Waals surface area contributed by atoms with E-state index in [1.54, 1.807) is 20.8 Å². The first-order valence-electron chi connectivity index (χ1n) is 7.94. The lowest BCUT2D eigenvalue weighted by atomic mass is 10.1. The second-order valence-corrected chi connectivity index (χ2v) is 6.95. The van der Waals surface area contributed by atoms with Crippen molar-refractivity contribution in [3.63, 3.8) is 0 Å². The summed E-state index contributed by atoms with van der Waals surface area (Å²) in [5.41, 5.74) is -0.799. The molecule has 7 nitrogen and oxygen atoms in total. The van der Waals surface area contributed by atoms with E-state index in [-0.39, 0.29) is 24.5 Å². The molecule has 1 saturated heterocycles. The molecule has 1 aliphatic rings. The van der Waals surface area contributed by atoms with Crippen LogP contribution in [0.1, 0.15) is 20.8 Å². The van der Waals surface area contributed by atoms with E-state index in [1.807, 2.05) is 0 Å². The van der Waals surface area contributed by atoms with Crippen LogP contribution in [0.5, 0.6) is 0 Å². The number of alkyl halides is 3. The molecule has 0 bridgehead atoms. The van der Waals surface area contributed by atoms with Crippen molar-refractivity contribution in [2.75, 3.05) is 24.5 Å². The average molecular weight is 375 g/mol. The Morgan fingerprint density at radius 1 is 1.19 bits per heavy atom. The van der Waals surface area contributed by atoms with Crippen LogP contribution in [0, 0.1) is 10.1 Å². The topological polar surface area (TPSA) is 75.9 Å². The summed E-state index contributed by atoms with van der Waals surface area (Å²) >= 11 is 0. The maximum atomic E-state index is 13.5. The highest BCUT2D eigenvalue weighted by atomic mass is 19.4. The van der Waals surface area contributed by atoms with Crippen LogP contribution in [0.3, 0.4) is 0 Å². The van der Waals surface area contributed by atoms with Gasteiger partial charge in [0.05, 0.1) is 11.5 Å². The molecule has 10 heteroatoms. The number of carbonyl (C=O) groups excluding carboxylic acids is 1. The molecule has 0 radical (unpaired) electrons. The highest BCUT2D eigenvalue weighted by Gasteiger charge is 2.48. The highest BCUT2D eigenvalue weighted by molar-refractivity contribution is 5.69. The molecule has 1 fully saturated rings. The van der Waals surface area contributed by atoms with Gasteiger partial charge in [-0.25, -0.2) is 4.79 Å². The molecule has 1 amide bonds. The van der Waals surface area contributed by atoms with Crippen molar-refractivity contribution in [2.24, 2.45) is 0 Å². The molecule has 26 heavy (non-hydrogen) atoms. The van der Waals surface area contributed by atoms with Crippen molar-refractivity contribution < 1.29 is 27.6 Å². The molecule has 0 spiro atoms. The Morgan fingerprint density at radius 3 is 2.23 bits per heavy atom. The standard InChI is InChI=1S/C16H20F3N3O4/c1-15(2,3)26-14(23)20-8-9-21(13(10-20)16(17,18)19)11-4-6-12(7-5-11)22(24)25/h4-7,13H,8-10H2,1-3H3. The summed E-state index contributed by atoms with van der Waals surface area (Å²) in [4.78, 5) is 24.3. The number of rotatable bonds is 2. The Labute approximate surface area is 148 Å². The maximum Gasteiger partial charge on any atom is 0.410 e. The van der Waals surface area contributed by atoms with Crippen LogP contribution in [0.25, 0.3) is 0 Å². The summed E-state index contributed by atoms with van der Waals surface area (Å²) in [6.07, 6.45) is -5.38. The number of amides is 1. The number of non-ortho nitro benzene ring substituents is 1. The van der Waals surface area contributed by atoms with Crippen molar-refractivity contribution in [1.82, 2.24) is 4.90 Å². The quantitative estimate of drug-likeness (QED) is 0.583. The number of nitrogens with zero attached hydrogens (tertiary/aromatic N) is 3. The number of piperazine rings is 1. The van der Waals surface area contributed by atoms with Crippen molar-refractivity contribution in [1.29, 1.82) is 0 Å². The largest absolute Gasteiger partial charge is 0.444 e. The van der Waals surface area contributed by atoms with E-state index in [2.05, 4.69) is 0 Å². The second kappa shape index (κ2) is 7.00. The fraction of sp³-hybridized carbons (Fsp3) is 0.562. The SMILES string of the molecule is CC(C)(C)OC(=O)N1CCN(c2ccc([N+](=O)[O-])cc2)C(C(F)(F)F)C1. The Balaban J connectivity index is 2.21. The second-order valence-electron chi connectivity index (χ2n) is 6.95. The first-order chi connectivity index (χ1) is 11.9. The molecule has 0 aliphatic carbocycles. The van der Waals surface area contributed by atoms with E-state index < -0.39 is 35.4 Å². The molecular weight excluding hydrogens is 355 g/mol. The van der Waals surface area contributed by atoms with E-state index >= 15 is 0 Å². The third kappa shape index (κ3) is 4.77. The van der Waals surface area contributed by atoms with Gasteiger partial charge in [-0.3, -0.25) is 10.1 Å². The predicted octanol–water partition coefficient (Wildman–Crippen LogP) is 3.58. The molecule has 1 heterocycles. The van der Waals surface area contributed by atoms with Crippen LogP contribution in [-0.2, 0) is 4.74 Å². The van der Waals surface area contributed by atoms with E-state index in [4.69, 9.17) is 4.74 Å². The Bertz CT molecular complexity index is 671. The summed E-state index contributed by atoms with van der Waals surface area (Å²) in [5.74, 6) is 0. The average Bonchev–Trinajstić information content (AvgIpc) is 2.52. The van der Waals surface area contributed by atoms with E-state index in [1.165, 1.54) is 12.1 Å². The van der Waals surface area contributed by atoms with Crippen LogP contribution in [0.2, 0.25) is 0 Å². The van der Waals surface area contributed by atoms with Crippen molar-refractivity contribution in [3.05, 3.63) is 34.4 Å². The van der Waals surface area contributed by atoms with Gasteiger partial charge in [0.15, 0.2) is 0 Å². The molecule has 1 atom stereocenters. The van der Waals surface area contributed by atoms with Gasteiger partial charge in [0.2, 0.25) is 0 Å². The summed E-state index contributed by atoms with van der Waals surface area (Å²) in [5, 5.41) is 10.7. The van der Waals surface area contributed by atoms with Gasteiger partial charge in [0.25, 0.3) is 5.69 Å². The monoisotopic (exact) mass is 375 g/mol. The molecule has 0 N–H and O–H groups in total. The summed E-state index contributed by atoms with van der Waals surface area (Å²) in [6.45, 7) is 4.33. The molecule has 1 aliphatic heterocycles. The van der Waals surface area contributed by atoms with E-state index in [0.29, 0.717) is 0 Å². The number of nitro benzene ring substituents is 1. The third-order valence-electron chi connectivity index (χ3n) is 3.80. The van der Waals surface area contributed by atoms with Crippen LogP contribution in [0.4, 0.5) is 29.3 Å². The van der Waals surface area contributed by atoms with Gasteiger partial charge in [-0.2, -0.15) is 13.2 Å². The first-order valence-corrected chi connectivity index (χ1v) is 7.94. The zero-order valence-electron chi connectivity index (χ0n) is 14.6. The minimum absolute atomic E-state index is 0.0540. The summed E-state index contributed by atoms with van der Waals surface area (Å²) in [6, 6.07) is 2.94. The molecule has 144 valence electrons. The Hall–Kier alpha value is -2.52. The normalized spacial score (nSPS) is 18.6. The van der Waals surface area contributed by atoms with E-state index in [9.17, 15) is 28.1 Å². The van der Waals surface area contributed by atoms with Gasteiger partial charge in [-0.1, -0.05) is 0 Å². The van der Waals surface area contributed by atoms with Crippen molar-refractivity contribution in [3.8, 4) is 0 Å². The van der Waals surface area contributed by atoms with Gasteiger partial charge in [0.1, 0.15) is 11.6 Å². The Kier molecular flexibility index (Phi) is 5.33. The van der Waals surface area contributed by atoms with Gasteiger partial charge in [-0.15, -0.1) is 0 Å². The van der Waals surface area contributed by atoms with Gasteiger partial charge in [0, 0.05) is 30.9 Å². The minimum Gasteiger partial charge on any atom is -0.444 e. The molecule has 2 rings (SSSR count). The van der Waals surface area contributed by atoms with Crippen LogP contribution >= 0.6 is 0 Å². The molecule has 1 aromatic carbocycles. The van der Waals surface area contributed by atoms with Crippen LogP contribution < -0.4 is 4.90 Å². The summed E-state index contributed by atoms with van der Waals surface area (Å²) in [7, 11) is 0. The smallest absolute Gasteiger partial charge is 0.410 e. The molecular formula is C16H20F3N3O4. The number of carbonyl (C=O) groups is 1. The molecule has 1 unspecified atom stereocenters.